The fraction of sp³-hybridized carbons (Fsp3) is 0.647. The van der Waals surface area contributed by atoms with Crippen LogP contribution in [0.3, 0.4) is 0 Å². The molecule has 0 bridgehead atoms. The molecular weight excluding hydrogens is 445 g/mol. The van der Waals surface area contributed by atoms with Gasteiger partial charge in [-0.15, -0.1) is 24.0 Å². The van der Waals surface area contributed by atoms with E-state index in [4.69, 9.17) is 0 Å². The van der Waals surface area contributed by atoms with Crippen molar-refractivity contribution in [3.63, 3.8) is 0 Å². The average Bonchev–Trinajstić information content (AvgIpc) is 3.47. The molecule has 1 saturated carbocycles. The zero-order chi connectivity index (χ0) is 17.5. The van der Waals surface area contributed by atoms with Gasteiger partial charge in [-0.2, -0.15) is 0 Å². The van der Waals surface area contributed by atoms with E-state index in [0.29, 0.717) is 32.1 Å². The van der Waals surface area contributed by atoms with E-state index in [0.717, 1.165) is 31.5 Å². The van der Waals surface area contributed by atoms with Crippen LogP contribution in [0.5, 0.6) is 0 Å². The monoisotopic (exact) mass is 473 g/mol. The van der Waals surface area contributed by atoms with Crippen molar-refractivity contribution in [1.29, 1.82) is 0 Å². The third-order valence-electron chi connectivity index (χ3n) is 4.33. The largest absolute Gasteiger partial charge is 0.357 e. The van der Waals surface area contributed by atoms with E-state index in [2.05, 4.69) is 30.5 Å². The molecule has 2 N–H and O–H groups in total. The first-order valence-electron chi connectivity index (χ1n) is 9.11. The molecule has 1 aliphatic heterocycles. The smallest absolute Gasteiger partial charge is 0.225 e. The molecular formula is C17H28IN7O. The van der Waals surface area contributed by atoms with Crippen LogP contribution in [0.4, 0.5) is 5.95 Å². The molecule has 8 nitrogen and oxygen atoms in total. The summed E-state index contributed by atoms with van der Waals surface area (Å²) in [4.78, 5) is 29.5. The van der Waals surface area contributed by atoms with E-state index in [1.54, 1.807) is 12.4 Å². The second kappa shape index (κ2) is 10.5. The normalized spacial score (nSPS) is 17.5. The van der Waals surface area contributed by atoms with Gasteiger partial charge in [0.1, 0.15) is 0 Å². The first kappa shape index (κ1) is 20.7. The number of hydrogen-bond acceptors (Lipinski definition) is 5. The summed E-state index contributed by atoms with van der Waals surface area (Å²) >= 11 is 0. The number of rotatable bonds is 6. The van der Waals surface area contributed by atoms with Crippen LogP contribution in [0.2, 0.25) is 0 Å². The summed E-state index contributed by atoms with van der Waals surface area (Å²) in [5, 5.41) is 6.59. The van der Waals surface area contributed by atoms with Crippen LogP contribution in [0.1, 0.15) is 26.2 Å². The predicted molar refractivity (Wildman–Crippen MR) is 113 cm³/mol. The van der Waals surface area contributed by atoms with Gasteiger partial charge in [0.15, 0.2) is 5.96 Å². The summed E-state index contributed by atoms with van der Waals surface area (Å²) in [5.74, 6) is 1.73. The third kappa shape index (κ3) is 6.26. The summed E-state index contributed by atoms with van der Waals surface area (Å²) < 4.78 is 0. The van der Waals surface area contributed by atoms with Crippen molar-refractivity contribution in [3.8, 4) is 0 Å². The van der Waals surface area contributed by atoms with E-state index in [-0.39, 0.29) is 29.9 Å². The number of anilines is 1. The fourth-order valence-electron chi connectivity index (χ4n) is 2.77. The first-order chi connectivity index (χ1) is 12.3. The van der Waals surface area contributed by atoms with Gasteiger partial charge in [0.05, 0.1) is 6.54 Å². The maximum atomic E-state index is 12.4. The molecule has 3 rings (SSSR count). The zero-order valence-corrected chi connectivity index (χ0v) is 17.6. The van der Waals surface area contributed by atoms with Gasteiger partial charge in [0, 0.05) is 57.6 Å². The van der Waals surface area contributed by atoms with E-state index in [1.165, 1.54) is 12.8 Å². The molecule has 1 saturated heterocycles. The summed E-state index contributed by atoms with van der Waals surface area (Å²) in [6.07, 6.45) is 6.35. The van der Waals surface area contributed by atoms with Crippen molar-refractivity contribution < 1.29 is 4.79 Å². The Bertz CT molecular complexity index is 586. The predicted octanol–water partition coefficient (Wildman–Crippen LogP) is 0.851. The molecule has 1 aliphatic carbocycles. The van der Waals surface area contributed by atoms with Gasteiger partial charge in [-0.3, -0.25) is 9.79 Å². The average molecular weight is 473 g/mol. The van der Waals surface area contributed by atoms with Crippen molar-refractivity contribution in [2.24, 2.45) is 4.99 Å². The van der Waals surface area contributed by atoms with E-state index < -0.39 is 0 Å². The Morgan fingerprint density at radius 2 is 1.92 bits per heavy atom. The van der Waals surface area contributed by atoms with Crippen LogP contribution in [-0.2, 0) is 4.79 Å². The molecule has 0 aromatic carbocycles. The minimum atomic E-state index is 0. The van der Waals surface area contributed by atoms with Crippen molar-refractivity contribution in [2.45, 2.75) is 32.2 Å². The summed E-state index contributed by atoms with van der Waals surface area (Å²) in [5.41, 5.74) is 0. The molecule has 0 unspecified atom stereocenters. The number of nitrogens with zero attached hydrogens (tertiary/aromatic N) is 5. The molecule has 1 aromatic rings. The number of amides is 1. The number of aliphatic imine (C=N–C) groups is 1. The Balaban J connectivity index is 0.00000243. The van der Waals surface area contributed by atoms with E-state index >= 15 is 0 Å². The van der Waals surface area contributed by atoms with Crippen LogP contribution in [0, 0.1) is 0 Å². The molecule has 2 heterocycles. The lowest BCUT2D eigenvalue weighted by Crippen LogP contribution is -2.49. The SMILES string of the molecule is CCNC(=NCCC(=O)N1CCN(c2ncccn2)CC1)NC1CC1.I. The van der Waals surface area contributed by atoms with Gasteiger partial charge in [-0.1, -0.05) is 0 Å². The number of guanidine groups is 1. The van der Waals surface area contributed by atoms with Crippen LogP contribution in [0.25, 0.3) is 0 Å². The number of nitrogens with one attached hydrogen (secondary N) is 2. The van der Waals surface area contributed by atoms with Crippen LogP contribution in [0.15, 0.2) is 23.5 Å². The molecule has 144 valence electrons. The Kier molecular flexibility index (Phi) is 8.33. The Hall–Kier alpha value is -1.65. The molecule has 0 atom stereocenters. The fourth-order valence-corrected chi connectivity index (χ4v) is 2.77. The molecule has 2 fully saturated rings. The molecule has 9 heteroatoms. The van der Waals surface area contributed by atoms with Gasteiger partial charge in [0.25, 0.3) is 0 Å². The Morgan fingerprint density at radius 3 is 2.54 bits per heavy atom. The minimum Gasteiger partial charge on any atom is -0.357 e. The van der Waals surface area contributed by atoms with Gasteiger partial charge < -0.3 is 20.4 Å². The number of hydrogen-bond donors (Lipinski definition) is 2. The molecule has 1 amide bonds. The second-order valence-electron chi connectivity index (χ2n) is 6.35. The number of carbonyl (C=O) groups excluding carboxylic acids is 1. The molecule has 0 spiro atoms. The number of carbonyl (C=O) groups is 1. The van der Waals surface area contributed by atoms with Gasteiger partial charge in [0.2, 0.25) is 11.9 Å². The number of aromatic nitrogens is 2. The van der Waals surface area contributed by atoms with E-state index in [1.807, 2.05) is 17.9 Å². The minimum absolute atomic E-state index is 0. The zero-order valence-electron chi connectivity index (χ0n) is 15.2. The Morgan fingerprint density at radius 1 is 1.23 bits per heavy atom. The van der Waals surface area contributed by atoms with Crippen LogP contribution >= 0.6 is 24.0 Å². The summed E-state index contributed by atoms with van der Waals surface area (Å²) in [6, 6.07) is 2.37. The highest BCUT2D eigenvalue weighted by molar-refractivity contribution is 14.0. The highest BCUT2D eigenvalue weighted by Gasteiger charge is 2.23. The highest BCUT2D eigenvalue weighted by atomic mass is 127. The topological polar surface area (TPSA) is 85.8 Å². The van der Waals surface area contributed by atoms with Gasteiger partial charge in [-0.05, 0) is 25.8 Å². The first-order valence-corrected chi connectivity index (χ1v) is 9.11. The molecule has 0 radical (unpaired) electrons. The summed E-state index contributed by atoms with van der Waals surface area (Å²) in [7, 11) is 0. The van der Waals surface area contributed by atoms with E-state index in [9.17, 15) is 4.79 Å². The summed E-state index contributed by atoms with van der Waals surface area (Å²) in [6.45, 7) is 6.35. The van der Waals surface area contributed by atoms with Crippen molar-refractivity contribution >= 4 is 41.8 Å². The second-order valence-corrected chi connectivity index (χ2v) is 6.35. The van der Waals surface area contributed by atoms with Crippen molar-refractivity contribution in [3.05, 3.63) is 18.5 Å². The number of halogens is 1. The van der Waals surface area contributed by atoms with Gasteiger partial charge >= 0.3 is 0 Å². The molecule has 26 heavy (non-hydrogen) atoms. The van der Waals surface area contributed by atoms with Gasteiger partial charge in [-0.25, -0.2) is 9.97 Å². The maximum Gasteiger partial charge on any atom is 0.225 e. The third-order valence-corrected chi connectivity index (χ3v) is 4.33. The van der Waals surface area contributed by atoms with Crippen LogP contribution in [-0.4, -0.2) is 72.0 Å². The lowest BCUT2D eigenvalue weighted by molar-refractivity contribution is -0.131. The molecule has 2 aliphatic rings. The highest BCUT2D eigenvalue weighted by Crippen LogP contribution is 2.18. The van der Waals surface area contributed by atoms with Crippen molar-refractivity contribution in [1.82, 2.24) is 25.5 Å². The quantitative estimate of drug-likeness (QED) is 0.362. The maximum absolute atomic E-state index is 12.4. The van der Waals surface area contributed by atoms with Crippen molar-refractivity contribution in [2.75, 3.05) is 44.2 Å². The number of piperazine rings is 1. The lowest BCUT2D eigenvalue weighted by atomic mass is 10.3. The Labute approximate surface area is 171 Å². The van der Waals surface area contributed by atoms with Crippen LogP contribution < -0.4 is 15.5 Å². The standard InChI is InChI=1S/C17H27N7O.HI/c1-2-18-16(22-14-4-5-14)19-9-6-15(25)23-10-12-24(13-11-23)17-20-7-3-8-21-17;/h3,7-8,14H,2,4-6,9-13H2,1H3,(H2,18,19,22);1H. The molecule has 1 aromatic heterocycles. The lowest BCUT2D eigenvalue weighted by Gasteiger charge is -2.34.